The molecule has 0 spiro atoms. The lowest BCUT2D eigenvalue weighted by Crippen LogP contribution is -2.03. The highest BCUT2D eigenvalue weighted by Crippen LogP contribution is 2.36. The molecule has 0 aromatic heterocycles. The second-order valence-corrected chi connectivity index (χ2v) is 3.87. The Labute approximate surface area is 93.5 Å². The number of para-hydroxylation sites is 1. The Balaban J connectivity index is 2.08. The standard InChI is InChI=1S/C14H10O2/c15-9-10-5-6-14-12(7-10)8-11-3-1-2-4-13(11)16-14/h1-7,9H,8H2. The average molecular weight is 210 g/mol. The molecule has 2 nitrogen and oxygen atoms in total. The number of benzene rings is 2. The lowest BCUT2D eigenvalue weighted by atomic mass is 9.99. The number of carbonyl (C=O) groups is 1. The van der Waals surface area contributed by atoms with E-state index in [1.54, 1.807) is 6.07 Å². The molecular formula is C14H10O2. The second kappa shape index (κ2) is 3.49. The molecule has 0 unspecified atom stereocenters. The molecule has 0 atom stereocenters. The van der Waals surface area contributed by atoms with E-state index < -0.39 is 0 Å². The highest BCUT2D eigenvalue weighted by Gasteiger charge is 2.16. The Morgan fingerprint density at radius 2 is 1.81 bits per heavy atom. The molecule has 1 aliphatic rings. The molecular weight excluding hydrogens is 200 g/mol. The van der Waals surface area contributed by atoms with Crippen LogP contribution >= 0.6 is 0 Å². The molecule has 1 heterocycles. The summed E-state index contributed by atoms with van der Waals surface area (Å²) in [7, 11) is 0. The van der Waals surface area contributed by atoms with Gasteiger partial charge in [-0.1, -0.05) is 18.2 Å². The topological polar surface area (TPSA) is 26.3 Å². The lowest BCUT2D eigenvalue weighted by molar-refractivity contribution is 0.112. The van der Waals surface area contributed by atoms with Crippen molar-refractivity contribution in [2.75, 3.05) is 0 Å². The summed E-state index contributed by atoms with van der Waals surface area (Å²) in [5, 5.41) is 0. The molecule has 0 saturated carbocycles. The molecule has 0 saturated heterocycles. The van der Waals surface area contributed by atoms with Crippen molar-refractivity contribution < 1.29 is 9.53 Å². The Kier molecular flexibility index (Phi) is 2.00. The summed E-state index contributed by atoms with van der Waals surface area (Å²) in [6, 6.07) is 13.5. The molecule has 2 aromatic carbocycles. The molecule has 3 rings (SSSR count). The molecule has 78 valence electrons. The van der Waals surface area contributed by atoms with Gasteiger partial charge in [0.15, 0.2) is 0 Å². The van der Waals surface area contributed by atoms with Crippen LogP contribution in [-0.4, -0.2) is 6.29 Å². The maximum absolute atomic E-state index is 10.7. The van der Waals surface area contributed by atoms with Crippen molar-refractivity contribution in [2.45, 2.75) is 6.42 Å². The van der Waals surface area contributed by atoms with Crippen molar-refractivity contribution in [3.63, 3.8) is 0 Å². The van der Waals surface area contributed by atoms with E-state index in [0.717, 1.165) is 35.3 Å². The lowest BCUT2D eigenvalue weighted by Gasteiger charge is -2.20. The maximum atomic E-state index is 10.7. The zero-order valence-electron chi connectivity index (χ0n) is 8.64. The van der Waals surface area contributed by atoms with E-state index in [0.29, 0.717) is 5.56 Å². The Bertz CT molecular complexity index is 558. The van der Waals surface area contributed by atoms with Crippen LogP contribution in [0, 0.1) is 0 Å². The molecule has 0 aliphatic carbocycles. The molecule has 2 aromatic rings. The fourth-order valence-corrected chi connectivity index (χ4v) is 1.98. The SMILES string of the molecule is O=Cc1ccc2c(c1)Cc1ccccc1O2. The normalized spacial score (nSPS) is 12.2. The Morgan fingerprint density at radius 1 is 1.00 bits per heavy atom. The van der Waals surface area contributed by atoms with Gasteiger partial charge in [-0.05, 0) is 35.4 Å². The summed E-state index contributed by atoms with van der Waals surface area (Å²) in [6.45, 7) is 0. The van der Waals surface area contributed by atoms with Gasteiger partial charge in [0, 0.05) is 12.0 Å². The highest BCUT2D eigenvalue weighted by atomic mass is 16.5. The predicted molar refractivity (Wildman–Crippen MR) is 61.2 cm³/mol. The molecule has 0 radical (unpaired) electrons. The fourth-order valence-electron chi connectivity index (χ4n) is 1.98. The van der Waals surface area contributed by atoms with Crippen LogP contribution in [0.1, 0.15) is 21.5 Å². The largest absolute Gasteiger partial charge is 0.457 e. The van der Waals surface area contributed by atoms with Crippen molar-refractivity contribution >= 4 is 6.29 Å². The van der Waals surface area contributed by atoms with Crippen molar-refractivity contribution in [1.82, 2.24) is 0 Å². The van der Waals surface area contributed by atoms with Crippen molar-refractivity contribution in [2.24, 2.45) is 0 Å². The van der Waals surface area contributed by atoms with Crippen molar-refractivity contribution in [3.8, 4) is 11.5 Å². The van der Waals surface area contributed by atoms with Crippen molar-refractivity contribution in [1.29, 1.82) is 0 Å². The van der Waals surface area contributed by atoms with Gasteiger partial charge in [0.2, 0.25) is 0 Å². The third-order valence-corrected chi connectivity index (χ3v) is 2.79. The molecule has 16 heavy (non-hydrogen) atoms. The average Bonchev–Trinajstić information content (AvgIpc) is 2.35. The number of fused-ring (bicyclic) bond motifs is 2. The molecule has 0 bridgehead atoms. The first-order chi connectivity index (χ1) is 7.86. The van der Waals surface area contributed by atoms with Gasteiger partial charge >= 0.3 is 0 Å². The zero-order chi connectivity index (χ0) is 11.0. The summed E-state index contributed by atoms with van der Waals surface area (Å²) in [5.74, 6) is 1.76. The molecule has 0 fully saturated rings. The van der Waals surface area contributed by atoms with Crippen LogP contribution in [0.15, 0.2) is 42.5 Å². The van der Waals surface area contributed by atoms with Crippen LogP contribution in [-0.2, 0) is 6.42 Å². The van der Waals surface area contributed by atoms with Gasteiger partial charge < -0.3 is 4.74 Å². The second-order valence-electron chi connectivity index (χ2n) is 3.87. The third kappa shape index (κ3) is 1.39. The number of rotatable bonds is 1. The van der Waals surface area contributed by atoms with Crippen LogP contribution in [0.25, 0.3) is 0 Å². The molecule has 0 amide bonds. The number of hydrogen-bond donors (Lipinski definition) is 0. The number of aldehydes is 1. The van der Waals surface area contributed by atoms with Gasteiger partial charge in [0.1, 0.15) is 17.8 Å². The number of ether oxygens (including phenoxy) is 1. The predicted octanol–water partition coefficient (Wildman–Crippen LogP) is 3.20. The smallest absolute Gasteiger partial charge is 0.150 e. The first kappa shape index (κ1) is 9.16. The van der Waals surface area contributed by atoms with E-state index in [1.165, 1.54) is 0 Å². The van der Waals surface area contributed by atoms with E-state index in [-0.39, 0.29) is 0 Å². The van der Waals surface area contributed by atoms with E-state index in [9.17, 15) is 4.79 Å². The molecule has 2 heteroatoms. The summed E-state index contributed by atoms with van der Waals surface area (Å²) in [5.41, 5.74) is 2.93. The monoisotopic (exact) mass is 210 g/mol. The quantitative estimate of drug-likeness (QED) is 0.576. The van der Waals surface area contributed by atoms with Gasteiger partial charge in [-0.25, -0.2) is 0 Å². The Hall–Kier alpha value is -2.09. The minimum absolute atomic E-state index is 0.696. The minimum Gasteiger partial charge on any atom is -0.457 e. The maximum Gasteiger partial charge on any atom is 0.150 e. The van der Waals surface area contributed by atoms with Crippen LogP contribution in [0.3, 0.4) is 0 Å². The summed E-state index contributed by atoms with van der Waals surface area (Å²) in [6.07, 6.45) is 1.69. The number of carbonyl (C=O) groups excluding carboxylic acids is 1. The number of hydrogen-bond acceptors (Lipinski definition) is 2. The van der Waals surface area contributed by atoms with E-state index in [4.69, 9.17) is 4.74 Å². The summed E-state index contributed by atoms with van der Waals surface area (Å²) in [4.78, 5) is 10.7. The summed E-state index contributed by atoms with van der Waals surface area (Å²) < 4.78 is 5.76. The minimum atomic E-state index is 0.696. The first-order valence-electron chi connectivity index (χ1n) is 5.21. The van der Waals surface area contributed by atoms with Gasteiger partial charge in [-0.15, -0.1) is 0 Å². The van der Waals surface area contributed by atoms with Crippen LogP contribution in [0.4, 0.5) is 0 Å². The molecule has 1 aliphatic heterocycles. The zero-order valence-corrected chi connectivity index (χ0v) is 8.64. The van der Waals surface area contributed by atoms with Crippen LogP contribution in [0.5, 0.6) is 11.5 Å². The summed E-state index contributed by atoms with van der Waals surface area (Å²) >= 11 is 0. The van der Waals surface area contributed by atoms with Gasteiger partial charge in [-0.3, -0.25) is 4.79 Å². The molecule has 0 N–H and O–H groups in total. The van der Waals surface area contributed by atoms with E-state index in [2.05, 4.69) is 0 Å². The van der Waals surface area contributed by atoms with Crippen molar-refractivity contribution in [3.05, 3.63) is 59.2 Å². The van der Waals surface area contributed by atoms with Gasteiger partial charge in [0.25, 0.3) is 0 Å². The third-order valence-electron chi connectivity index (χ3n) is 2.79. The Morgan fingerprint density at radius 3 is 2.69 bits per heavy atom. The fraction of sp³-hybridized carbons (Fsp3) is 0.0714. The van der Waals surface area contributed by atoms with E-state index >= 15 is 0 Å². The van der Waals surface area contributed by atoms with E-state index in [1.807, 2.05) is 36.4 Å². The van der Waals surface area contributed by atoms with Crippen LogP contribution in [0.2, 0.25) is 0 Å². The van der Waals surface area contributed by atoms with Gasteiger partial charge in [-0.2, -0.15) is 0 Å². The van der Waals surface area contributed by atoms with Gasteiger partial charge in [0.05, 0.1) is 0 Å². The highest BCUT2D eigenvalue weighted by molar-refractivity contribution is 5.76. The first-order valence-corrected chi connectivity index (χ1v) is 5.21. The van der Waals surface area contributed by atoms with Crippen LogP contribution < -0.4 is 4.74 Å².